The molecule has 0 saturated carbocycles. The Hall–Kier alpha value is -1.83. The summed E-state index contributed by atoms with van der Waals surface area (Å²) in [5, 5.41) is 5.99. The fourth-order valence-corrected chi connectivity index (χ4v) is 2.36. The van der Waals surface area contributed by atoms with E-state index in [1.807, 2.05) is 0 Å². The Balaban J connectivity index is 1.71. The Morgan fingerprint density at radius 2 is 2.04 bits per heavy atom. The number of carbonyl (C=O) groups is 1. The molecule has 7 heteroatoms. The predicted molar refractivity (Wildman–Crippen MR) is 88.3 cm³/mol. The van der Waals surface area contributed by atoms with Crippen LogP contribution in [-0.2, 0) is 9.53 Å². The first-order valence-electron chi connectivity index (χ1n) is 7.75. The van der Waals surface area contributed by atoms with Crippen LogP contribution in [-0.4, -0.2) is 71.0 Å². The van der Waals surface area contributed by atoms with Gasteiger partial charge in [0.25, 0.3) is 0 Å². The summed E-state index contributed by atoms with van der Waals surface area (Å²) in [5.41, 5.74) is 0.633. The van der Waals surface area contributed by atoms with Crippen molar-refractivity contribution in [3.05, 3.63) is 18.2 Å². The summed E-state index contributed by atoms with van der Waals surface area (Å²) in [5.74, 6) is 1.16. The van der Waals surface area contributed by atoms with Crippen molar-refractivity contribution in [3.8, 4) is 11.5 Å². The lowest BCUT2D eigenvalue weighted by Gasteiger charge is -2.26. The Labute approximate surface area is 136 Å². The van der Waals surface area contributed by atoms with Crippen LogP contribution in [0.2, 0.25) is 0 Å². The number of hydrogen-bond acceptors (Lipinski definition) is 6. The lowest BCUT2D eigenvalue weighted by Crippen LogP contribution is -2.41. The predicted octanol–water partition coefficient (Wildman–Crippen LogP) is 0.564. The van der Waals surface area contributed by atoms with Gasteiger partial charge in [0.2, 0.25) is 5.91 Å². The number of anilines is 1. The molecule has 128 valence electrons. The van der Waals surface area contributed by atoms with Crippen molar-refractivity contribution >= 4 is 11.6 Å². The number of ether oxygens (including phenoxy) is 3. The lowest BCUT2D eigenvalue weighted by atomic mass is 10.2. The average molecular weight is 323 g/mol. The fraction of sp³-hybridized carbons (Fsp3) is 0.562. The zero-order valence-electron chi connectivity index (χ0n) is 13.8. The molecule has 1 aliphatic heterocycles. The minimum atomic E-state index is -0.101. The zero-order chi connectivity index (χ0) is 16.5. The largest absolute Gasteiger partial charge is 0.497 e. The molecule has 0 unspecified atom stereocenters. The van der Waals surface area contributed by atoms with Gasteiger partial charge in [0.1, 0.15) is 11.5 Å². The van der Waals surface area contributed by atoms with Crippen molar-refractivity contribution in [3.63, 3.8) is 0 Å². The highest BCUT2D eigenvalue weighted by Gasteiger charge is 2.11. The molecule has 1 heterocycles. The SMILES string of the molecule is COc1ccc(NC(=O)CNCCN2CCOCC2)c(OC)c1. The molecule has 1 amide bonds. The minimum Gasteiger partial charge on any atom is -0.497 e. The molecule has 2 N–H and O–H groups in total. The number of hydrogen-bond donors (Lipinski definition) is 2. The van der Waals surface area contributed by atoms with Crippen LogP contribution in [0.25, 0.3) is 0 Å². The Morgan fingerprint density at radius 1 is 1.26 bits per heavy atom. The number of morpholine rings is 1. The van der Waals surface area contributed by atoms with Gasteiger partial charge in [-0.15, -0.1) is 0 Å². The van der Waals surface area contributed by atoms with Crippen molar-refractivity contribution in [2.45, 2.75) is 0 Å². The van der Waals surface area contributed by atoms with Crippen LogP contribution < -0.4 is 20.1 Å². The van der Waals surface area contributed by atoms with Crippen LogP contribution in [0.1, 0.15) is 0 Å². The highest BCUT2D eigenvalue weighted by molar-refractivity contribution is 5.93. The molecule has 1 aromatic rings. The van der Waals surface area contributed by atoms with Gasteiger partial charge in [-0.1, -0.05) is 0 Å². The first-order chi connectivity index (χ1) is 11.2. The topological polar surface area (TPSA) is 72.1 Å². The van der Waals surface area contributed by atoms with Gasteiger partial charge in [0.15, 0.2) is 0 Å². The maximum atomic E-state index is 12.0. The summed E-state index contributed by atoms with van der Waals surface area (Å²) in [6, 6.07) is 5.29. The van der Waals surface area contributed by atoms with Crippen LogP contribution in [0, 0.1) is 0 Å². The van der Waals surface area contributed by atoms with E-state index in [9.17, 15) is 4.79 Å². The summed E-state index contributed by atoms with van der Waals surface area (Å²) in [4.78, 5) is 14.3. The van der Waals surface area contributed by atoms with Gasteiger partial charge in [-0.25, -0.2) is 0 Å². The summed E-state index contributed by atoms with van der Waals surface area (Å²) >= 11 is 0. The molecule has 1 saturated heterocycles. The number of rotatable bonds is 8. The fourth-order valence-electron chi connectivity index (χ4n) is 2.36. The van der Waals surface area contributed by atoms with Crippen LogP contribution in [0.3, 0.4) is 0 Å². The third-order valence-corrected chi connectivity index (χ3v) is 3.68. The number of amides is 1. The molecule has 7 nitrogen and oxygen atoms in total. The molecule has 0 bridgehead atoms. The van der Waals surface area contributed by atoms with Crippen molar-refractivity contribution in [1.82, 2.24) is 10.2 Å². The van der Waals surface area contributed by atoms with E-state index >= 15 is 0 Å². The maximum absolute atomic E-state index is 12.0. The quantitative estimate of drug-likeness (QED) is 0.681. The smallest absolute Gasteiger partial charge is 0.238 e. The Morgan fingerprint density at radius 3 is 2.74 bits per heavy atom. The van der Waals surface area contributed by atoms with Gasteiger partial charge in [0, 0.05) is 32.2 Å². The van der Waals surface area contributed by atoms with Gasteiger partial charge in [-0.3, -0.25) is 9.69 Å². The van der Waals surface area contributed by atoms with Crippen LogP contribution in [0.5, 0.6) is 11.5 Å². The number of carbonyl (C=O) groups excluding carboxylic acids is 1. The standard InChI is InChI=1S/C16H25N3O4/c1-21-13-3-4-14(15(11-13)22-2)18-16(20)12-17-5-6-19-7-9-23-10-8-19/h3-4,11,17H,5-10,12H2,1-2H3,(H,18,20). The van der Waals surface area contributed by atoms with Gasteiger partial charge in [-0.05, 0) is 12.1 Å². The molecule has 0 atom stereocenters. The van der Waals surface area contributed by atoms with E-state index in [-0.39, 0.29) is 12.5 Å². The second-order valence-electron chi connectivity index (χ2n) is 5.25. The summed E-state index contributed by atoms with van der Waals surface area (Å²) in [6.07, 6.45) is 0. The molecule has 0 aromatic heterocycles. The molecule has 1 aromatic carbocycles. The minimum absolute atomic E-state index is 0.101. The van der Waals surface area contributed by atoms with Gasteiger partial charge in [0.05, 0.1) is 39.7 Å². The van der Waals surface area contributed by atoms with Gasteiger partial charge >= 0.3 is 0 Å². The Kier molecular flexibility index (Phi) is 7.12. The highest BCUT2D eigenvalue weighted by Crippen LogP contribution is 2.28. The highest BCUT2D eigenvalue weighted by atomic mass is 16.5. The van der Waals surface area contributed by atoms with Crippen LogP contribution in [0.4, 0.5) is 5.69 Å². The van der Waals surface area contributed by atoms with Gasteiger partial charge < -0.3 is 24.8 Å². The molecule has 23 heavy (non-hydrogen) atoms. The first-order valence-corrected chi connectivity index (χ1v) is 7.75. The van der Waals surface area contributed by atoms with Crippen molar-refractivity contribution in [2.75, 3.05) is 65.5 Å². The average Bonchev–Trinajstić information content (AvgIpc) is 2.60. The molecule has 0 radical (unpaired) electrons. The number of nitrogens with one attached hydrogen (secondary N) is 2. The van der Waals surface area contributed by atoms with Crippen molar-refractivity contribution < 1.29 is 19.0 Å². The Bertz CT molecular complexity index is 504. The van der Waals surface area contributed by atoms with Gasteiger partial charge in [-0.2, -0.15) is 0 Å². The van der Waals surface area contributed by atoms with E-state index in [4.69, 9.17) is 14.2 Å². The summed E-state index contributed by atoms with van der Waals surface area (Å²) < 4.78 is 15.7. The van der Waals surface area contributed by atoms with Crippen molar-refractivity contribution in [2.24, 2.45) is 0 Å². The summed E-state index contributed by atoms with van der Waals surface area (Å²) in [6.45, 7) is 5.44. The normalized spacial score (nSPS) is 15.2. The van der Waals surface area contributed by atoms with E-state index in [0.717, 1.165) is 39.4 Å². The van der Waals surface area contributed by atoms with E-state index in [0.29, 0.717) is 17.2 Å². The molecular formula is C16H25N3O4. The van der Waals surface area contributed by atoms with Crippen molar-refractivity contribution in [1.29, 1.82) is 0 Å². The molecular weight excluding hydrogens is 298 g/mol. The van der Waals surface area contributed by atoms with Crippen LogP contribution >= 0.6 is 0 Å². The molecule has 1 aliphatic rings. The third kappa shape index (κ3) is 5.70. The molecule has 2 rings (SSSR count). The first kappa shape index (κ1) is 17.5. The molecule has 0 aliphatic carbocycles. The second kappa shape index (κ2) is 9.34. The molecule has 1 fully saturated rings. The number of benzene rings is 1. The number of nitrogens with zero attached hydrogens (tertiary/aromatic N) is 1. The maximum Gasteiger partial charge on any atom is 0.238 e. The zero-order valence-corrected chi connectivity index (χ0v) is 13.8. The van der Waals surface area contributed by atoms with Crippen LogP contribution in [0.15, 0.2) is 18.2 Å². The van der Waals surface area contributed by atoms with E-state index in [1.165, 1.54) is 0 Å². The van der Waals surface area contributed by atoms with E-state index in [1.54, 1.807) is 32.4 Å². The third-order valence-electron chi connectivity index (χ3n) is 3.68. The van der Waals surface area contributed by atoms with E-state index in [2.05, 4.69) is 15.5 Å². The molecule has 0 spiro atoms. The number of methoxy groups -OCH3 is 2. The summed E-state index contributed by atoms with van der Waals surface area (Å²) in [7, 11) is 3.15. The van der Waals surface area contributed by atoms with E-state index < -0.39 is 0 Å². The monoisotopic (exact) mass is 323 g/mol. The second-order valence-corrected chi connectivity index (χ2v) is 5.25. The lowest BCUT2D eigenvalue weighted by molar-refractivity contribution is -0.115.